The highest BCUT2D eigenvalue weighted by atomic mass is 16.2. The Morgan fingerprint density at radius 3 is 2.58 bits per heavy atom. The Kier molecular flexibility index (Phi) is 5.25. The lowest BCUT2D eigenvalue weighted by Gasteiger charge is -2.30. The fourth-order valence-corrected chi connectivity index (χ4v) is 3.26. The van der Waals surface area contributed by atoms with Crippen LogP contribution in [0.1, 0.15) is 56.6 Å². The fraction of sp³-hybridized carbons (Fsp3) is 0.476. The predicted molar refractivity (Wildman–Crippen MR) is 105 cm³/mol. The van der Waals surface area contributed by atoms with E-state index in [1.807, 2.05) is 17.0 Å². The number of carbonyl (C=O) groups is 1. The monoisotopic (exact) mass is 352 g/mol. The molecule has 0 radical (unpaired) electrons. The number of likely N-dealkylation sites (tertiary alicyclic amines) is 1. The lowest BCUT2D eigenvalue weighted by Crippen LogP contribution is -2.39. The van der Waals surface area contributed by atoms with Gasteiger partial charge in [0, 0.05) is 25.0 Å². The zero-order valence-corrected chi connectivity index (χ0v) is 16.1. The molecule has 2 aromatic rings. The number of aromatic nitrogens is 2. The van der Waals surface area contributed by atoms with Crippen LogP contribution in [0.2, 0.25) is 0 Å². The summed E-state index contributed by atoms with van der Waals surface area (Å²) in [6, 6.07) is 9.93. The molecule has 1 aromatic heterocycles. The molecule has 1 unspecified atom stereocenters. The molecule has 0 saturated carbocycles. The number of nitrogens with one attached hydrogen (secondary N) is 1. The molecule has 1 amide bonds. The number of piperidine rings is 1. The SMILES string of the molecule is CC1CCCN(C(=O)c2ccnc(Nc3ccc(C(C)(C)C)cc3)n2)C1. The first-order chi connectivity index (χ1) is 12.3. The number of amides is 1. The fourth-order valence-electron chi connectivity index (χ4n) is 3.26. The zero-order chi connectivity index (χ0) is 18.7. The van der Waals surface area contributed by atoms with Gasteiger partial charge in [0.15, 0.2) is 0 Å². The Bertz CT molecular complexity index is 764. The van der Waals surface area contributed by atoms with Gasteiger partial charge in [-0.1, -0.05) is 39.8 Å². The van der Waals surface area contributed by atoms with Crippen molar-refractivity contribution in [1.82, 2.24) is 14.9 Å². The molecule has 0 spiro atoms. The topological polar surface area (TPSA) is 58.1 Å². The van der Waals surface area contributed by atoms with Crippen LogP contribution in [0.5, 0.6) is 0 Å². The van der Waals surface area contributed by atoms with Crippen molar-refractivity contribution < 1.29 is 4.79 Å². The van der Waals surface area contributed by atoms with Crippen LogP contribution in [0, 0.1) is 5.92 Å². The molecule has 1 aliphatic rings. The molecule has 5 nitrogen and oxygen atoms in total. The first kappa shape index (κ1) is 18.4. The van der Waals surface area contributed by atoms with Crippen LogP contribution in [-0.4, -0.2) is 33.9 Å². The standard InChI is InChI=1S/C21H28N4O/c1-15-6-5-13-25(14-15)19(26)18-11-12-22-20(24-18)23-17-9-7-16(8-10-17)21(2,3)4/h7-12,15H,5-6,13-14H2,1-4H3,(H,22,23,24). The molecular weight excluding hydrogens is 324 g/mol. The van der Waals surface area contributed by atoms with Crippen LogP contribution in [0.4, 0.5) is 11.6 Å². The smallest absolute Gasteiger partial charge is 0.272 e. The van der Waals surface area contributed by atoms with Gasteiger partial charge >= 0.3 is 0 Å². The number of rotatable bonds is 3. The Morgan fingerprint density at radius 1 is 1.19 bits per heavy atom. The molecule has 0 bridgehead atoms. The van der Waals surface area contributed by atoms with E-state index < -0.39 is 0 Å². The van der Waals surface area contributed by atoms with Crippen molar-refractivity contribution in [3.8, 4) is 0 Å². The zero-order valence-electron chi connectivity index (χ0n) is 16.1. The second kappa shape index (κ2) is 7.44. The van der Waals surface area contributed by atoms with Crippen LogP contribution >= 0.6 is 0 Å². The van der Waals surface area contributed by atoms with Gasteiger partial charge in [0.1, 0.15) is 5.69 Å². The van der Waals surface area contributed by atoms with E-state index in [1.54, 1.807) is 12.3 Å². The van der Waals surface area contributed by atoms with Gasteiger partial charge in [-0.3, -0.25) is 4.79 Å². The molecule has 1 fully saturated rings. The maximum absolute atomic E-state index is 12.7. The molecular formula is C21H28N4O. The Hall–Kier alpha value is -2.43. The van der Waals surface area contributed by atoms with Crippen molar-refractivity contribution in [3.63, 3.8) is 0 Å². The summed E-state index contributed by atoms with van der Waals surface area (Å²) in [6.45, 7) is 10.4. The summed E-state index contributed by atoms with van der Waals surface area (Å²) >= 11 is 0. The molecule has 1 saturated heterocycles. The molecule has 1 atom stereocenters. The van der Waals surface area contributed by atoms with Crippen LogP contribution in [0.3, 0.4) is 0 Å². The first-order valence-electron chi connectivity index (χ1n) is 9.33. The van der Waals surface area contributed by atoms with E-state index in [1.165, 1.54) is 12.0 Å². The predicted octanol–water partition coefficient (Wildman–Crippen LogP) is 4.39. The maximum Gasteiger partial charge on any atom is 0.272 e. The highest BCUT2D eigenvalue weighted by Gasteiger charge is 2.23. The van der Waals surface area contributed by atoms with Crippen molar-refractivity contribution in [2.75, 3.05) is 18.4 Å². The molecule has 138 valence electrons. The van der Waals surface area contributed by atoms with Gasteiger partial charge in [0.05, 0.1) is 0 Å². The molecule has 5 heteroatoms. The largest absolute Gasteiger partial charge is 0.337 e. The van der Waals surface area contributed by atoms with E-state index in [-0.39, 0.29) is 11.3 Å². The van der Waals surface area contributed by atoms with E-state index in [4.69, 9.17) is 0 Å². The molecule has 26 heavy (non-hydrogen) atoms. The van der Waals surface area contributed by atoms with Crippen molar-refractivity contribution >= 4 is 17.5 Å². The van der Waals surface area contributed by atoms with E-state index in [0.717, 1.165) is 25.2 Å². The molecule has 1 N–H and O–H groups in total. The summed E-state index contributed by atoms with van der Waals surface area (Å²) in [5.74, 6) is 0.989. The minimum absolute atomic E-state index is 0.00918. The van der Waals surface area contributed by atoms with Crippen molar-refractivity contribution in [1.29, 1.82) is 0 Å². The summed E-state index contributed by atoms with van der Waals surface area (Å²) in [6.07, 6.45) is 3.88. The van der Waals surface area contributed by atoms with E-state index in [0.29, 0.717) is 17.6 Å². The van der Waals surface area contributed by atoms with Gasteiger partial charge in [0.2, 0.25) is 5.95 Å². The van der Waals surface area contributed by atoms with E-state index in [9.17, 15) is 4.79 Å². The third-order valence-electron chi connectivity index (χ3n) is 4.83. The lowest BCUT2D eigenvalue weighted by atomic mass is 9.87. The summed E-state index contributed by atoms with van der Waals surface area (Å²) < 4.78 is 0. The first-order valence-corrected chi connectivity index (χ1v) is 9.33. The molecule has 1 aliphatic heterocycles. The Balaban J connectivity index is 1.72. The lowest BCUT2D eigenvalue weighted by molar-refractivity contribution is 0.0677. The quantitative estimate of drug-likeness (QED) is 0.890. The van der Waals surface area contributed by atoms with Gasteiger partial charge in [0.25, 0.3) is 5.91 Å². The summed E-state index contributed by atoms with van der Waals surface area (Å²) in [7, 11) is 0. The molecule has 3 rings (SSSR count). The Labute approximate surface area is 155 Å². The summed E-state index contributed by atoms with van der Waals surface area (Å²) in [4.78, 5) is 23.3. The van der Waals surface area contributed by atoms with Gasteiger partial charge < -0.3 is 10.2 Å². The molecule has 0 aliphatic carbocycles. The molecule has 1 aromatic carbocycles. The van der Waals surface area contributed by atoms with Crippen molar-refractivity contribution in [2.24, 2.45) is 5.92 Å². The third-order valence-corrected chi connectivity index (χ3v) is 4.83. The van der Waals surface area contributed by atoms with Crippen LogP contribution in [-0.2, 0) is 5.41 Å². The van der Waals surface area contributed by atoms with Crippen molar-refractivity contribution in [2.45, 2.75) is 46.0 Å². The third kappa shape index (κ3) is 4.40. The van der Waals surface area contributed by atoms with Crippen molar-refractivity contribution in [3.05, 3.63) is 47.8 Å². The van der Waals surface area contributed by atoms with Gasteiger partial charge in [-0.05, 0) is 47.9 Å². The van der Waals surface area contributed by atoms with Gasteiger partial charge in [-0.15, -0.1) is 0 Å². The van der Waals surface area contributed by atoms with Crippen LogP contribution < -0.4 is 5.32 Å². The second-order valence-corrected chi connectivity index (χ2v) is 8.22. The number of carbonyl (C=O) groups excluding carboxylic acids is 1. The van der Waals surface area contributed by atoms with Gasteiger partial charge in [-0.25, -0.2) is 9.97 Å². The van der Waals surface area contributed by atoms with E-state index >= 15 is 0 Å². The number of hydrogen-bond acceptors (Lipinski definition) is 4. The van der Waals surface area contributed by atoms with E-state index in [2.05, 4.69) is 55.1 Å². The van der Waals surface area contributed by atoms with Crippen LogP contribution in [0.25, 0.3) is 0 Å². The minimum Gasteiger partial charge on any atom is -0.337 e. The van der Waals surface area contributed by atoms with Crippen LogP contribution in [0.15, 0.2) is 36.5 Å². The molecule has 2 heterocycles. The average Bonchev–Trinajstić information content (AvgIpc) is 2.61. The second-order valence-electron chi connectivity index (χ2n) is 8.22. The minimum atomic E-state index is -0.00918. The highest BCUT2D eigenvalue weighted by molar-refractivity contribution is 5.92. The highest BCUT2D eigenvalue weighted by Crippen LogP contribution is 2.24. The Morgan fingerprint density at radius 2 is 1.92 bits per heavy atom. The van der Waals surface area contributed by atoms with Gasteiger partial charge in [-0.2, -0.15) is 0 Å². The number of hydrogen-bond donors (Lipinski definition) is 1. The summed E-state index contributed by atoms with van der Waals surface area (Å²) in [5, 5.41) is 3.20. The average molecular weight is 352 g/mol. The summed E-state index contributed by atoms with van der Waals surface area (Å²) in [5.41, 5.74) is 2.75. The number of nitrogens with zero attached hydrogens (tertiary/aromatic N) is 3. The normalized spacial score (nSPS) is 17.8. The maximum atomic E-state index is 12.7. The number of benzene rings is 1. The number of anilines is 2.